The number of aryl methyl sites for hydroxylation is 1. The molecule has 0 bridgehead atoms. The van der Waals surface area contributed by atoms with E-state index in [-0.39, 0.29) is 0 Å². The first-order valence-electron chi connectivity index (χ1n) is 16.1. The maximum absolute atomic E-state index is 6.99. The van der Waals surface area contributed by atoms with Gasteiger partial charge in [0.15, 0.2) is 23.0 Å². The van der Waals surface area contributed by atoms with Crippen molar-refractivity contribution in [1.82, 2.24) is 0 Å². The van der Waals surface area contributed by atoms with E-state index in [0.29, 0.717) is 17.2 Å². The highest BCUT2D eigenvalue weighted by Crippen LogP contribution is 2.66. The van der Waals surface area contributed by atoms with Gasteiger partial charge in [-0.25, -0.2) is 0 Å². The maximum Gasteiger partial charge on any atom is 0.194 e. The van der Waals surface area contributed by atoms with E-state index in [1.54, 1.807) is 0 Å². The predicted molar refractivity (Wildman–Crippen MR) is 189 cm³/mol. The second kappa shape index (κ2) is 9.72. The van der Waals surface area contributed by atoms with E-state index in [1.165, 1.54) is 44.5 Å². The smallest absolute Gasteiger partial charge is 0.194 e. The molecule has 0 atom stereocenters. The van der Waals surface area contributed by atoms with Gasteiger partial charge in [-0.05, 0) is 88.3 Å². The summed E-state index contributed by atoms with van der Waals surface area (Å²) in [4.78, 5) is 2.23. The quantitative estimate of drug-likeness (QED) is 0.201. The highest BCUT2D eigenvalue weighted by molar-refractivity contribution is 5.98. The van der Waals surface area contributed by atoms with Crippen LogP contribution in [0.3, 0.4) is 0 Å². The summed E-state index contributed by atoms with van der Waals surface area (Å²) in [6.45, 7) is 2.11. The molecule has 7 aromatic rings. The number of nitrogens with zero attached hydrogens (tertiary/aromatic N) is 1. The second-order valence-corrected chi connectivity index (χ2v) is 12.5. The Morgan fingerprint density at radius 1 is 0.426 bits per heavy atom. The van der Waals surface area contributed by atoms with E-state index in [9.17, 15) is 0 Å². The van der Waals surface area contributed by atoms with E-state index in [0.717, 1.165) is 28.4 Å². The lowest BCUT2D eigenvalue weighted by molar-refractivity contribution is 0.361. The summed E-state index contributed by atoms with van der Waals surface area (Å²) in [5.41, 5.74) is 13.8. The van der Waals surface area contributed by atoms with Crippen molar-refractivity contribution >= 4 is 17.1 Å². The number of para-hydroxylation sites is 2. The Morgan fingerprint density at radius 3 is 1.68 bits per heavy atom. The second-order valence-electron chi connectivity index (χ2n) is 12.5. The number of anilines is 3. The Morgan fingerprint density at radius 2 is 0.979 bits per heavy atom. The molecular formula is C44H29NO2. The molecule has 47 heavy (non-hydrogen) atoms. The van der Waals surface area contributed by atoms with E-state index in [2.05, 4.69) is 157 Å². The van der Waals surface area contributed by atoms with Gasteiger partial charge in [0.25, 0.3) is 0 Å². The van der Waals surface area contributed by atoms with E-state index in [4.69, 9.17) is 9.47 Å². The number of rotatable bonds is 3. The van der Waals surface area contributed by atoms with Gasteiger partial charge >= 0.3 is 0 Å². The minimum Gasteiger partial charge on any atom is -0.449 e. The largest absolute Gasteiger partial charge is 0.449 e. The lowest BCUT2D eigenvalue weighted by Gasteiger charge is -2.32. The number of benzene rings is 7. The molecule has 0 saturated carbocycles. The molecule has 10 rings (SSSR count). The minimum absolute atomic E-state index is 0.435. The molecular weight excluding hydrogens is 574 g/mol. The fourth-order valence-corrected chi connectivity index (χ4v) is 8.10. The third kappa shape index (κ3) is 3.51. The van der Waals surface area contributed by atoms with Crippen molar-refractivity contribution in [1.29, 1.82) is 0 Å². The molecule has 3 nitrogen and oxygen atoms in total. The summed E-state index contributed by atoms with van der Waals surface area (Å²) >= 11 is 0. The van der Waals surface area contributed by atoms with Crippen molar-refractivity contribution < 1.29 is 9.47 Å². The van der Waals surface area contributed by atoms with Gasteiger partial charge in [-0.15, -0.1) is 0 Å². The first kappa shape index (κ1) is 26.2. The summed E-state index contributed by atoms with van der Waals surface area (Å²) in [7, 11) is 0. The van der Waals surface area contributed by atoms with Crippen molar-refractivity contribution in [3.05, 3.63) is 186 Å². The Kier molecular flexibility index (Phi) is 5.41. The average molecular weight is 604 g/mol. The highest BCUT2D eigenvalue weighted by atomic mass is 16.6. The van der Waals surface area contributed by atoms with Crippen LogP contribution in [0, 0.1) is 6.92 Å². The van der Waals surface area contributed by atoms with Gasteiger partial charge in [-0.2, -0.15) is 0 Å². The van der Waals surface area contributed by atoms with Crippen molar-refractivity contribution in [2.24, 2.45) is 0 Å². The van der Waals surface area contributed by atoms with E-state index >= 15 is 0 Å². The van der Waals surface area contributed by atoms with Gasteiger partial charge in [0, 0.05) is 16.9 Å². The third-order valence-corrected chi connectivity index (χ3v) is 10.0. The number of fused-ring (bicyclic) bond motifs is 13. The van der Waals surface area contributed by atoms with Crippen LogP contribution in [0.25, 0.3) is 22.3 Å². The number of ether oxygens (including phenoxy) is 2. The molecule has 1 heterocycles. The van der Waals surface area contributed by atoms with E-state index in [1.807, 2.05) is 12.1 Å². The zero-order valence-corrected chi connectivity index (χ0v) is 25.8. The zero-order valence-electron chi connectivity index (χ0n) is 25.8. The van der Waals surface area contributed by atoms with Gasteiger partial charge in [-0.1, -0.05) is 121 Å². The summed E-state index contributed by atoms with van der Waals surface area (Å²) in [5, 5.41) is 0. The molecule has 0 radical (unpaired) electrons. The van der Waals surface area contributed by atoms with Gasteiger partial charge in [-0.3, -0.25) is 0 Å². The first-order chi connectivity index (χ1) is 23.2. The van der Waals surface area contributed by atoms with Crippen LogP contribution in [0.4, 0.5) is 17.1 Å². The molecule has 3 heteroatoms. The lowest BCUT2D eigenvalue weighted by Crippen LogP contribution is -2.25. The van der Waals surface area contributed by atoms with Crippen molar-refractivity contribution in [3.8, 4) is 45.3 Å². The van der Waals surface area contributed by atoms with Crippen LogP contribution >= 0.6 is 0 Å². The summed E-state index contributed by atoms with van der Waals surface area (Å²) < 4.78 is 13.9. The minimum atomic E-state index is -0.435. The van der Waals surface area contributed by atoms with Crippen LogP contribution in [-0.4, -0.2) is 0 Å². The monoisotopic (exact) mass is 603 g/mol. The lowest BCUT2D eigenvalue weighted by atomic mass is 9.70. The third-order valence-electron chi connectivity index (χ3n) is 10.0. The first-order valence-corrected chi connectivity index (χ1v) is 16.1. The maximum atomic E-state index is 6.99. The molecule has 7 aromatic carbocycles. The van der Waals surface area contributed by atoms with Crippen LogP contribution in [0.15, 0.2) is 158 Å². The Bertz CT molecular complexity index is 2330. The Labute approximate surface area is 273 Å². The Hall–Kier alpha value is -6.06. The molecule has 3 aliphatic rings. The van der Waals surface area contributed by atoms with Crippen LogP contribution in [0.5, 0.6) is 23.0 Å². The molecule has 0 N–H and O–H groups in total. The van der Waals surface area contributed by atoms with Crippen LogP contribution < -0.4 is 14.4 Å². The SMILES string of the molecule is Cc1ccc(N(c2ccccc2)c2cccc3c2Oc2ccc4c(c2O3)-c2ccccc2C42c3ccccc3-c3ccccc32)cc1. The topological polar surface area (TPSA) is 21.7 Å². The molecule has 0 fully saturated rings. The Balaban J connectivity index is 1.18. The average Bonchev–Trinajstić information content (AvgIpc) is 3.60. The zero-order chi connectivity index (χ0) is 31.1. The van der Waals surface area contributed by atoms with Crippen LogP contribution in [0.1, 0.15) is 27.8 Å². The summed E-state index contributed by atoms with van der Waals surface area (Å²) in [6, 6.07) is 56.0. The molecule has 0 aromatic heterocycles. The standard InChI is InChI=1S/C44H29NO2/c1-28-22-24-30(25-23-28)45(29-12-3-2-4-13-29)38-20-11-21-39-42(38)46-40-27-26-37-41(43(40)47-39)33-16-7-10-19-36(33)44(37)34-17-8-5-14-31(34)32-15-6-9-18-35(32)44/h2-27H,1H3. The molecule has 2 aliphatic carbocycles. The van der Waals surface area contributed by atoms with Crippen LogP contribution in [0.2, 0.25) is 0 Å². The fourth-order valence-electron chi connectivity index (χ4n) is 8.10. The van der Waals surface area contributed by atoms with Gasteiger partial charge in [0.05, 0.1) is 11.1 Å². The molecule has 1 aliphatic heterocycles. The highest BCUT2D eigenvalue weighted by Gasteiger charge is 2.53. The molecule has 0 amide bonds. The van der Waals surface area contributed by atoms with E-state index < -0.39 is 5.41 Å². The van der Waals surface area contributed by atoms with Crippen molar-refractivity contribution in [2.45, 2.75) is 12.3 Å². The van der Waals surface area contributed by atoms with Gasteiger partial charge in [0.1, 0.15) is 0 Å². The van der Waals surface area contributed by atoms with Crippen molar-refractivity contribution in [3.63, 3.8) is 0 Å². The van der Waals surface area contributed by atoms with Gasteiger partial charge < -0.3 is 14.4 Å². The molecule has 0 saturated heterocycles. The summed E-state index contributed by atoms with van der Waals surface area (Å²) in [5.74, 6) is 2.87. The molecule has 222 valence electrons. The van der Waals surface area contributed by atoms with Crippen molar-refractivity contribution in [2.75, 3.05) is 4.90 Å². The van der Waals surface area contributed by atoms with Gasteiger partial charge in [0.2, 0.25) is 0 Å². The number of hydrogen-bond acceptors (Lipinski definition) is 3. The molecule has 1 spiro atoms. The normalized spacial score (nSPS) is 13.7. The predicted octanol–water partition coefficient (Wildman–Crippen LogP) is 11.7. The summed E-state index contributed by atoms with van der Waals surface area (Å²) in [6.07, 6.45) is 0. The molecule has 0 unspecified atom stereocenters. The number of hydrogen-bond donors (Lipinski definition) is 0. The fraction of sp³-hybridized carbons (Fsp3) is 0.0455. The van der Waals surface area contributed by atoms with Crippen LogP contribution in [-0.2, 0) is 5.41 Å².